The third-order valence-corrected chi connectivity index (χ3v) is 3.86. The Bertz CT molecular complexity index is 623. The van der Waals surface area contributed by atoms with Gasteiger partial charge in [-0.2, -0.15) is 0 Å². The minimum absolute atomic E-state index is 0.102. The molecule has 0 spiro atoms. The summed E-state index contributed by atoms with van der Waals surface area (Å²) in [5, 5.41) is 0.956. The van der Waals surface area contributed by atoms with Gasteiger partial charge in [0.1, 0.15) is 5.82 Å². The van der Waals surface area contributed by atoms with Crippen LogP contribution >= 0.6 is 23.2 Å². The number of benzene rings is 2. The minimum Gasteiger partial charge on any atom is -0.341 e. The fourth-order valence-electron chi connectivity index (χ4n) is 1.94. The zero-order valence-electron chi connectivity index (χ0n) is 11.4. The van der Waals surface area contributed by atoms with Gasteiger partial charge in [0, 0.05) is 23.6 Å². The first kappa shape index (κ1) is 15.8. The summed E-state index contributed by atoms with van der Waals surface area (Å²) in [6, 6.07) is 11.2. The highest BCUT2D eigenvalue weighted by Gasteiger charge is 2.14. The topological polar surface area (TPSA) is 20.3 Å². The lowest BCUT2D eigenvalue weighted by Crippen LogP contribution is -2.27. The van der Waals surface area contributed by atoms with Gasteiger partial charge in [0.2, 0.25) is 5.91 Å². The van der Waals surface area contributed by atoms with Gasteiger partial charge in [0.05, 0.1) is 6.42 Å². The number of hydrogen-bond acceptors (Lipinski definition) is 1. The van der Waals surface area contributed by atoms with E-state index in [-0.39, 0.29) is 18.1 Å². The molecule has 0 saturated carbocycles. The predicted octanol–water partition coefficient (Wildman–Crippen LogP) is 4.33. The predicted molar refractivity (Wildman–Crippen MR) is 83.0 cm³/mol. The number of nitrogens with zero attached hydrogens (tertiary/aromatic N) is 1. The molecule has 0 fully saturated rings. The molecule has 0 saturated heterocycles. The zero-order valence-corrected chi connectivity index (χ0v) is 13.0. The summed E-state index contributed by atoms with van der Waals surface area (Å²) in [6.07, 6.45) is 0.135. The molecule has 1 amide bonds. The monoisotopic (exact) mass is 325 g/mol. The van der Waals surface area contributed by atoms with Crippen molar-refractivity contribution in [3.05, 3.63) is 69.5 Å². The van der Waals surface area contributed by atoms with E-state index in [4.69, 9.17) is 23.2 Å². The summed E-state index contributed by atoms with van der Waals surface area (Å²) in [4.78, 5) is 13.8. The molecule has 0 heterocycles. The van der Waals surface area contributed by atoms with Gasteiger partial charge >= 0.3 is 0 Å². The van der Waals surface area contributed by atoms with Crippen molar-refractivity contribution in [1.29, 1.82) is 0 Å². The molecule has 110 valence electrons. The first-order valence-electron chi connectivity index (χ1n) is 6.38. The van der Waals surface area contributed by atoms with Gasteiger partial charge in [-0.05, 0) is 35.4 Å². The SMILES string of the molecule is CN(Cc1ccc(F)cc1)C(=O)Cc1c(Cl)cccc1Cl. The van der Waals surface area contributed by atoms with Gasteiger partial charge in [0.15, 0.2) is 0 Å². The van der Waals surface area contributed by atoms with E-state index in [1.807, 2.05) is 0 Å². The molecular weight excluding hydrogens is 312 g/mol. The Kier molecular flexibility index (Phi) is 5.21. The van der Waals surface area contributed by atoms with Crippen LogP contribution in [0.15, 0.2) is 42.5 Å². The van der Waals surface area contributed by atoms with E-state index in [2.05, 4.69) is 0 Å². The van der Waals surface area contributed by atoms with Crippen LogP contribution in [0, 0.1) is 5.82 Å². The van der Waals surface area contributed by atoms with Crippen LogP contribution in [-0.4, -0.2) is 17.9 Å². The van der Waals surface area contributed by atoms with Crippen molar-refractivity contribution in [3.8, 4) is 0 Å². The maximum absolute atomic E-state index is 12.8. The third kappa shape index (κ3) is 4.19. The molecule has 2 nitrogen and oxygen atoms in total. The van der Waals surface area contributed by atoms with Crippen molar-refractivity contribution >= 4 is 29.1 Å². The molecule has 0 N–H and O–H groups in total. The van der Waals surface area contributed by atoms with E-state index in [9.17, 15) is 9.18 Å². The summed E-state index contributed by atoms with van der Waals surface area (Å²) < 4.78 is 12.8. The number of rotatable bonds is 4. The van der Waals surface area contributed by atoms with E-state index in [1.54, 1.807) is 42.3 Å². The maximum atomic E-state index is 12.8. The van der Waals surface area contributed by atoms with Gasteiger partial charge in [-0.25, -0.2) is 4.39 Å². The highest BCUT2D eigenvalue weighted by atomic mass is 35.5. The Balaban J connectivity index is 2.04. The van der Waals surface area contributed by atoms with Crippen LogP contribution in [0.25, 0.3) is 0 Å². The van der Waals surface area contributed by atoms with E-state index in [0.29, 0.717) is 22.2 Å². The standard InChI is InChI=1S/C16H14Cl2FNO/c1-20(10-11-5-7-12(19)8-6-11)16(21)9-13-14(17)3-2-4-15(13)18/h2-8H,9-10H2,1H3. The molecule has 0 atom stereocenters. The summed E-state index contributed by atoms with van der Waals surface area (Å²) in [7, 11) is 1.69. The first-order chi connectivity index (χ1) is 9.97. The Hall–Kier alpha value is -1.58. The van der Waals surface area contributed by atoms with Crippen molar-refractivity contribution in [3.63, 3.8) is 0 Å². The third-order valence-electron chi connectivity index (χ3n) is 3.15. The fraction of sp³-hybridized carbons (Fsp3) is 0.188. The molecule has 0 aliphatic carbocycles. The second-order valence-corrected chi connectivity index (χ2v) is 5.57. The van der Waals surface area contributed by atoms with Gasteiger partial charge < -0.3 is 4.90 Å². The lowest BCUT2D eigenvalue weighted by Gasteiger charge is -2.18. The molecule has 0 aromatic heterocycles. The molecule has 2 aromatic carbocycles. The Morgan fingerprint density at radius 1 is 1.10 bits per heavy atom. The number of carbonyl (C=O) groups is 1. The molecule has 2 rings (SSSR count). The average molecular weight is 326 g/mol. The molecule has 21 heavy (non-hydrogen) atoms. The Labute approximate surface area is 133 Å². The Morgan fingerprint density at radius 3 is 2.24 bits per heavy atom. The van der Waals surface area contributed by atoms with Crippen LogP contribution in [0.2, 0.25) is 10.0 Å². The molecule has 0 radical (unpaired) electrons. The zero-order chi connectivity index (χ0) is 15.4. The Morgan fingerprint density at radius 2 is 1.67 bits per heavy atom. The molecular formula is C16H14Cl2FNO. The molecule has 2 aromatic rings. The van der Waals surface area contributed by atoms with Crippen LogP contribution in [0.4, 0.5) is 4.39 Å². The molecule has 0 aliphatic heterocycles. The van der Waals surface area contributed by atoms with Crippen LogP contribution in [0.3, 0.4) is 0 Å². The molecule has 0 bridgehead atoms. The number of carbonyl (C=O) groups excluding carboxylic acids is 1. The number of hydrogen-bond donors (Lipinski definition) is 0. The van der Waals surface area contributed by atoms with Crippen molar-refractivity contribution in [2.45, 2.75) is 13.0 Å². The van der Waals surface area contributed by atoms with E-state index in [1.165, 1.54) is 12.1 Å². The van der Waals surface area contributed by atoms with E-state index in [0.717, 1.165) is 5.56 Å². The normalized spacial score (nSPS) is 10.5. The largest absolute Gasteiger partial charge is 0.341 e. The molecule has 5 heteroatoms. The maximum Gasteiger partial charge on any atom is 0.227 e. The van der Waals surface area contributed by atoms with Crippen LogP contribution < -0.4 is 0 Å². The van der Waals surface area contributed by atoms with E-state index < -0.39 is 0 Å². The summed E-state index contributed by atoms with van der Waals surface area (Å²) in [6.45, 7) is 0.404. The van der Waals surface area contributed by atoms with Gasteiger partial charge in [0.25, 0.3) is 0 Å². The van der Waals surface area contributed by atoms with Crippen LogP contribution in [0.5, 0.6) is 0 Å². The van der Waals surface area contributed by atoms with Gasteiger partial charge in [-0.1, -0.05) is 41.4 Å². The highest BCUT2D eigenvalue weighted by Crippen LogP contribution is 2.25. The van der Waals surface area contributed by atoms with Crippen molar-refractivity contribution < 1.29 is 9.18 Å². The number of halogens is 3. The van der Waals surface area contributed by atoms with Gasteiger partial charge in [-0.3, -0.25) is 4.79 Å². The van der Waals surface area contributed by atoms with E-state index >= 15 is 0 Å². The van der Waals surface area contributed by atoms with Crippen molar-refractivity contribution in [2.24, 2.45) is 0 Å². The second kappa shape index (κ2) is 6.92. The minimum atomic E-state index is -0.296. The number of likely N-dealkylation sites (N-methyl/N-ethyl adjacent to an activating group) is 1. The van der Waals surface area contributed by atoms with Crippen molar-refractivity contribution in [2.75, 3.05) is 7.05 Å². The number of amides is 1. The fourth-order valence-corrected chi connectivity index (χ4v) is 2.47. The molecule has 0 unspecified atom stereocenters. The second-order valence-electron chi connectivity index (χ2n) is 4.75. The first-order valence-corrected chi connectivity index (χ1v) is 7.14. The lowest BCUT2D eigenvalue weighted by molar-refractivity contribution is -0.129. The van der Waals surface area contributed by atoms with Gasteiger partial charge in [-0.15, -0.1) is 0 Å². The lowest BCUT2D eigenvalue weighted by atomic mass is 10.1. The smallest absolute Gasteiger partial charge is 0.227 e. The highest BCUT2D eigenvalue weighted by molar-refractivity contribution is 6.36. The quantitative estimate of drug-likeness (QED) is 0.819. The average Bonchev–Trinajstić information content (AvgIpc) is 2.45. The van der Waals surface area contributed by atoms with Crippen LogP contribution in [0.1, 0.15) is 11.1 Å². The van der Waals surface area contributed by atoms with Crippen LogP contribution in [-0.2, 0) is 17.8 Å². The summed E-state index contributed by atoms with van der Waals surface area (Å²) >= 11 is 12.1. The van der Waals surface area contributed by atoms with Crippen molar-refractivity contribution in [1.82, 2.24) is 4.90 Å². The summed E-state index contributed by atoms with van der Waals surface area (Å²) in [5.74, 6) is -0.398. The summed E-state index contributed by atoms with van der Waals surface area (Å²) in [5.41, 5.74) is 1.48. The molecule has 0 aliphatic rings.